The number of amides is 18. The Balaban J connectivity index is 0.000000158. The molecular weight excluding hydrogens is 2130 g/mol. The molecular formula is C73H119F2N23O44S6. The quantitative estimate of drug-likeness (QED) is 0.0169. The number of ketones is 1. The van der Waals surface area contributed by atoms with Crippen molar-refractivity contribution in [3.63, 3.8) is 0 Å². The Morgan fingerprint density at radius 2 is 0.649 bits per heavy atom. The lowest BCUT2D eigenvalue weighted by Crippen LogP contribution is -2.52. The summed E-state index contributed by atoms with van der Waals surface area (Å²) in [6.45, 7) is 14.4. The zero-order valence-corrected chi connectivity index (χ0v) is 84.7. The molecule has 17 heterocycles. The predicted octanol–water partition coefficient (Wildman–Crippen LogP) is -7.41. The first kappa shape index (κ1) is 117. The molecule has 12 bridgehead atoms. The first-order chi connectivity index (χ1) is 69.2. The summed E-state index contributed by atoms with van der Waals surface area (Å²) in [6, 6.07) is -13.2. The van der Waals surface area contributed by atoms with E-state index >= 15 is 0 Å². The molecule has 148 heavy (non-hydrogen) atoms. The predicted molar refractivity (Wildman–Crippen MR) is 477 cm³/mol. The van der Waals surface area contributed by atoms with Gasteiger partial charge in [0, 0.05) is 104 Å². The van der Waals surface area contributed by atoms with Crippen LogP contribution in [0.2, 0.25) is 0 Å². The van der Waals surface area contributed by atoms with Gasteiger partial charge in [0.2, 0.25) is 0 Å². The highest BCUT2D eigenvalue weighted by molar-refractivity contribution is 7.82. The van der Waals surface area contributed by atoms with Crippen molar-refractivity contribution in [3.05, 3.63) is 0 Å². The second-order valence-corrected chi connectivity index (χ2v) is 44.1. The van der Waals surface area contributed by atoms with Gasteiger partial charge in [-0.3, -0.25) is 89.9 Å². The fourth-order valence-electron chi connectivity index (χ4n) is 19.2. The number of Topliss-reactive ketones (excluding diaryl/α,β-unsaturated/α-hetero) is 1. The molecule has 0 aromatic carbocycles. The smallest absolute Gasteiger partial charge is 0.382 e. The van der Waals surface area contributed by atoms with Crippen LogP contribution < -0.4 is 59.5 Å². The van der Waals surface area contributed by atoms with E-state index in [1.807, 2.05) is 13.8 Å². The van der Waals surface area contributed by atoms with E-state index in [4.69, 9.17) is 61.1 Å². The highest BCUT2D eigenvalue weighted by Gasteiger charge is 2.57. The van der Waals surface area contributed by atoms with Gasteiger partial charge in [0.1, 0.15) is 78.8 Å². The van der Waals surface area contributed by atoms with Crippen molar-refractivity contribution < 1.29 is 208 Å². The van der Waals surface area contributed by atoms with Crippen molar-refractivity contribution in [1.29, 1.82) is 0 Å². The number of nitrogens with zero attached hydrogens (tertiary/aromatic N) is 12. The van der Waals surface area contributed by atoms with Gasteiger partial charge < -0.3 is 60.7 Å². The number of hydrogen-bond acceptors (Lipinski definition) is 43. The Morgan fingerprint density at radius 3 is 0.959 bits per heavy atom. The number of hydroxylamine groups is 18. The maximum atomic E-state index is 13.7. The molecule has 17 rings (SSSR count). The van der Waals surface area contributed by atoms with E-state index in [-0.39, 0.29) is 126 Å². The largest absolute Gasteiger partial charge is 0.418 e. The van der Waals surface area contributed by atoms with Gasteiger partial charge in [-0.05, 0) is 115 Å². The molecule has 7 unspecified atom stereocenters. The summed E-state index contributed by atoms with van der Waals surface area (Å²) in [7, 11) is -27.4. The second kappa shape index (κ2) is 49.2. The standard InChI is InChI=1S/C14H24N4O7S.C13H22N4O7S.2C12H19FN4O7S.C12H18N4O8S.C10H17N3O8S/c1-14(2)5-10(6-15-8-14)24-16-12(19)11-4-3-9-7-17(11)13(20)18(9)25-26(21,22)23;1-13(2)7-14-5-10(13)23-15-11(18)9-4-3-8-6-16(9)12(19)17(8)24-25(20,21)22;13-8-5-14-4-3-10(8)23-15-11(18)9-2-1-7-6-16(9)12(19)17(7)24-25(20,21)22;13-8-3-4-14-5-10(8)23-15-11(18)9-2-1-7-6-16(9)12(19)17(7)24-25(20,21)22;17-8-3-9(5-13-4-8)23-14-11(18)10-2-1-7-6-15(10)12(19)16(7)24-25(20,21)22;1-19-4-5-20-11-9(14)8-3-2-7-6-12(8)10(15)13(7)21-22(16,17)18/h9-11,15H,3-8H2,1-2H3,(H,16,19)(H,21,22,23);8-10,14H,3-7H2,1-2H3,(H,15,18)(H,20,21,22);2*7-10,14H,1-6H2,(H,15,18)(H,20,21,22);7,9-10,13H,1-6H2,(H,14,18)(H,20,21,22);7-8H,2-6H2,1H3,(H,11,14)(H,16,17,18)/t9-,10?,11+;8-,9+,10?;2*7-,8?,9+,10?;7-,9?,10+;7-,8+/m111111/s1. The summed E-state index contributed by atoms with van der Waals surface area (Å²) in [4.78, 5) is 197. The van der Waals surface area contributed by atoms with E-state index in [1.165, 1.54) is 21.8 Å². The number of halogens is 2. The lowest BCUT2D eigenvalue weighted by Gasteiger charge is -2.36. The molecule has 75 heteroatoms. The lowest BCUT2D eigenvalue weighted by molar-refractivity contribution is -0.149. The number of alkyl halides is 2. The molecule has 0 aliphatic carbocycles. The van der Waals surface area contributed by atoms with Crippen LogP contribution in [-0.2, 0) is 155 Å². The number of urea groups is 6. The van der Waals surface area contributed by atoms with Crippen molar-refractivity contribution >= 4 is 140 Å². The fraction of sp³-hybridized carbons (Fsp3) is 0.822. The van der Waals surface area contributed by atoms with Crippen LogP contribution in [-0.4, -0.2) is 455 Å². The van der Waals surface area contributed by atoms with Gasteiger partial charge in [0.25, 0.3) is 35.4 Å². The Bertz CT molecular complexity index is 5470. The van der Waals surface area contributed by atoms with Crippen molar-refractivity contribution in [2.45, 2.75) is 246 Å². The summed E-state index contributed by atoms with van der Waals surface area (Å²) >= 11 is 0. The Labute approximate surface area is 844 Å². The van der Waals surface area contributed by atoms with E-state index in [9.17, 15) is 122 Å². The summed E-state index contributed by atoms with van der Waals surface area (Å²) in [5.41, 5.74) is 13.6. The third-order valence-electron chi connectivity index (χ3n) is 26.3. The molecule has 67 nitrogen and oxygen atoms in total. The van der Waals surface area contributed by atoms with E-state index in [1.54, 1.807) is 0 Å². The molecule has 0 aromatic rings. The van der Waals surface area contributed by atoms with Gasteiger partial charge in [-0.15, -0.1) is 25.7 Å². The number of carbonyl (C=O) groups is 13. The number of carbonyl (C=O) groups excluding carboxylic acids is 13. The highest BCUT2D eigenvalue weighted by Crippen LogP contribution is 2.39. The monoisotopic (exact) mass is 2250 g/mol. The number of rotatable bonds is 32. The first-order valence-electron chi connectivity index (χ1n) is 46.4. The normalized spacial score (nSPS) is 30.6. The van der Waals surface area contributed by atoms with E-state index in [0.717, 1.165) is 34.2 Å². The minimum Gasteiger partial charge on any atom is -0.382 e. The summed E-state index contributed by atoms with van der Waals surface area (Å²) in [5, 5.41) is 18.5. The molecule has 17 N–H and O–H groups in total. The minimum absolute atomic E-state index is 0.0290. The zero-order chi connectivity index (χ0) is 108. The summed E-state index contributed by atoms with van der Waals surface area (Å²) in [6.07, 6.45) is 0.517. The van der Waals surface area contributed by atoms with Crippen LogP contribution in [0.15, 0.2) is 0 Å². The molecule has 17 aliphatic heterocycles. The van der Waals surface area contributed by atoms with Crippen LogP contribution in [0.5, 0.6) is 0 Å². The van der Waals surface area contributed by atoms with Crippen LogP contribution in [0, 0.1) is 10.8 Å². The number of fused-ring (bicyclic) bond motifs is 12. The SMILES string of the molecule is CC1(C)CNCC(ONC(=O)[C@@H]2CC[C@@H]3CN2C(=O)N3OS(=O)(=O)O)C1.CC1(C)CNCC1ONC(=O)[C@@H]1CC[C@@H]2CN1C(=O)N2OS(=O)(=O)O.COCCONC(=O)[C@@H]1CC[C@@H]2CN1C(=O)N2OS(=O)(=O)O.O=C(NOC1CCNCC1F)[C@@H]1CC[C@@H]2CN1C(=O)N2OS(=O)(=O)O.O=C(NOC1CNCCC1F)[C@@H]1CC[C@@H]2CN1C(=O)N2OS(=O)(=O)O.O=C1CNCC(ONC(=O)[C@@H]2CC[C@@H]3CN2C(=O)N3OS(=O)(=O)O)C1. The molecule has 0 radical (unpaired) electrons. The van der Waals surface area contributed by atoms with E-state index in [2.05, 4.69) is 99.0 Å². The number of nitrogens with one attached hydrogen (secondary N) is 11. The highest BCUT2D eigenvalue weighted by atomic mass is 32.3. The zero-order valence-electron chi connectivity index (χ0n) is 79.8. The van der Waals surface area contributed by atoms with Crippen LogP contribution in [0.1, 0.15) is 130 Å². The third-order valence-corrected chi connectivity index (χ3v) is 28.4. The topological polar surface area (TPSA) is 839 Å². The van der Waals surface area contributed by atoms with Crippen LogP contribution >= 0.6 is 0 Å². The van der Waals surface area contributed by atoms with Gasteiger partial charge in [-0.1, -0.05) is 27.7 Å². The van der Waals surface area contributed by atoms with Gasteiger partial charge in [-0.2, -0.15) is 80.9 Å². The first-order valence-corrected chi connectivity index (χ1v) is 54.6. The maximum absolute atomic E-state index is 13.7. The maximum Gasteiger partial charge on any atom is 0.418 e. The van der Waals surface area contributed by atoms with Crippen LogP contribution in [0.3, 0.4) is 0 Å². The van der Waals surface area contributed by atoms with Gasteiger partial charge in [0.15, 0.2) is 0 Å². The molecule has 17 fully saturated rings. The van der Waals surface area contributed by atoms with Gasteiger partial charge in [0.05, 0.1) is 62.1 Å². The van der Waals surface area contributed by atoms with Gasteiger partial charge >= 0.3 is 98.6 Å². The van der Waals surface area contributed by atoms with Crippen molar-refractivity contribution in [2.75, 3.05) is 125 Å². The fourth-order valence-corrected chi connectivity index (χ4v) is 21.5. The average Bonchev–Trinajstić information content (AvgIpc) is 1.66. The molecule has 0 spiro atoms. The molecule has 17 aliphatic rings. The van der Waals surface area contributed by atoms with Crippen molar-refractivity contribution in [1.82, 2.24) is 119 Å². The summed E-state index contributed by atoms with van der Waals surface area (Å²) < 4.78 is 240. The number of hydrogen-bond donors (Lipinski definition) is 17. The van der Waals surface area contributed by atoms with E-state index < -0.39 is 237 Å². The van der Waals surface area contributed by atoms with Crippen LogP contribution in [0.4, 0.5) is 37.5 Å². The lowest BCUT2D eigenvalue weighted by atomic mass is 9.84. The molecule has 840 valence electrons. The number of methoxy groups -OCH3 is 1. The molecule has 17 saturated heterocycles. The number of ether oxygens (including phenoxy) is 1. The van der Waals surface area contributed by atoms with Crippen molar-refractivity contribution in [3.8, 4) is 0 Å². The van der Waals surface area contributed by atoms with Crippen molar-refractivity contribution in [2.24, 2.45) is 10.8 Å². The molecule has 18 amide bonds. The third kappa shape index (κ3) is 31.5. The number of piperidine rings is 10. The summed E-state index contributed by atoms with van der Waals surface area (Å²) in [5.74, 6) is -3.30. The van der Waals surface area contributed by atoms with Gasteiger partial charge in [-0.25, -0.2) is 70.4 Å². The Kier molecular flexibility index (Phi) is 39.0. The minimum atomic E-state index is -4.84. The Morgan fingerprint density at radius 1 is 0.345 bits per heavy atom. The molecule has 19 atom stereocenters. The molecule has 0 aromatic heterocycles. The Hall–Kier alpha value is -9.29. The average molecular weight is 2250 g/mol. The molecule has 0 saturated carbocycles. The van der Waals surface area contributed by atoms with E-state index in [0.29, 0.717) is 134 Å². The van der Waals surface area contributed by atoms with Crippen LogP contribution in [0.25, 0.3) is 0 Å². The second-order valence-electron chi connectivity index (χ2n) is 38.1.